The quantitative estimate of drug-likeness (QED) is 0.718. The molecule has 0 saturated carbocycles. The van der Waals surface area contributed by atoms with Crippen LogP contribution >= 0.6 is 12.4 Å². The summed E-state index contributed by atoms with van der Waals surface area (Å²) in [6.45, 7) is 6.43. The number of benzene rings is 2. The number of rotatable bonds is 5. The molecule has 2 aliphatic heterocycles. The number of fused-ring (bicyclic) bond motifs is 1. The monoisotopic (exact) mass is 427 g/mol. The molecular weight excluding hydrogens is 402 g/mol. The number of amides is 3. The number of carbonyl (C=O) groups excluding carboxylic acids is 3. The van der Waals surface area contributed by atoms with Gasteiger partial charge in [0, 0.05) is 12.1 Å². The summed E-state index contributed by atoms with van der Waals surface area (Å²) in [7, 11) is 0. The number of imide groups is 1. The number of anilines is 1. The average molecular weight is 428 g/mol. The molecule has 0 aliphatic carbocycles. The Morgan fingerprint density at radius 2 is 1.87 bits per heavy atom. The maximum atomic E-state index is 13.0. The maximum Gasteiger partial charge on any atom is 0.266 e. The average Bonchev–Trinajstić information content (AvgIpc) is 3.31. The molecule has 6 nitrogen and oxygen atoms in total. The Labute approximate surface area is 182 Å². The van der Waals surface area contributed by atoms with Crippen molar-refractivity contribution in [1.82, 2.24) is 10.6 Å². The predicted molar refractivity (Wildman–Crippen MR) is 119 cm³/mol. The van der Waals surface area contributed by atoms with E-state index >= 15 is 0 Å². The Morgan fingerprint density at radius 3 is 2.60 bits per heavy atom. The van der Waals surface area contributed by atoms with E-state index in [2.05, 4.69) is 10.6 Å². The van der Waals surface area contributed by atoms with Crippen molar-refractivity contribution in [2.75, 3.05) is 24.5 Å². The first-order valence-corrected chi connectivity index (χ1v) is 10.0. The highest BCUT2D eigenvalue weighted by Crippen LogP contribution is 2.31. The molecule has 1 unspecified atom stereocenters. The molecule has 0 bridgehead atoms. The molecule has 1 fully saturated rings. The predicted octanol–water partition coefficient (Wildman–Crippen LogP) is 3.26. The van der Waals surface area contributed by atoms with Crippen LogP contribution in [0.4, 0.5) is 5.69 Å². The first-order valence-electron chi connectivity index (χ1n) is 10.0. The van der Waals surface area contributed by atoms with Gasteiger partial charge in [0.25, 0.3) is 17.7 Å². The van der Waals surface area contributed by atoms with Gasteiger partial charge < -0.3 is 10.6 Å². The second-order valence-corrected chi connectivity index (χ2v) is 7.90. The molecule has 2 heterocycles. The maximum absolute atomic E-state index is 13.0. The number of hydrogen-bond donors (Lipinski definition) is 2. The lowest BCUT2D eigenvalue weighted by Crippen LogP contribution is -2.30. The lowest BCUT2D eigenvalue weighted by molar-refractivity contribution is 0.0923. The van der Waals surface area contributed by atoms with Gasteiger partial charge in [0.15, 0.2) is 0 Å². The molecule has 0 radical (unpaired) electrons. The molecule has 2 aliphatic rings. The van der Waals surface area contributed by atoms with Gasteiger partial charge in [-0.05, 0) is 81.1 Å². The van der Waals surface area contributed by atoms with Crippen LogP contribution in [-0.4, -0.2) is 37.4 Å². The van der Waals surface area contributed by atoms with Crippen molar-refractivity contribution in [3.8, 4) is 0 Å². The zero-order valence-electron chi connectivity index (χ0n) is 17.2. The first kappa shape index (κ1) is 22.0. The third-order valence-corrected chi connectivity index (χ3v) is 5.75. The third kappa shape index (κ3) is 4.11. The Balaban J connectivity index is 0.00000256. The van der Waals surface area contributed by atoms with Crippen LogP contribution in [0.1, 0.15) is 55.0 Å². The van der Waals surface area contributed by atoms with E-state index in [-0.39, 0.29) is 35.7 Å². The Bertz CT molecular complexity index is 999. The Kier molecular flexibility index (Phi) is 6.58. The summed E-state index contributed by atoms with van der Waals surface area (Å²) in [6, 6.07) is 10.4. The summed E-state index contributed by atoms with van der Waals surface area (Å²) in [4.78, 5) is 39.6. The molecule has 7 heteroatoms. The van der Waals surface area contributed by atoms with Gasteiger partial charge in [-0.15, -0.1) is 12.4 Å². The minimum atomic E-state index is -0.384. The van der Waals surface area contributed by atoms with Crippen LogP contribution in [-0.2, 0) is 0 Å². The van der Waals surface area contributed by atoms with Gasteiger partial charge in [-0.2, -0.15) is 0 Å². The molecule has 1 saturated heterocycles. The minimum absolute atomic E-state index is 0. The fraction of sp³-hybridized carbons (Fsp3) is 0.348. The SMILES string of the molecule is Cc1ccc(C)c(N2C(=O)c3ccc(C(=O)NCCC4CCNC4)cc3C2=O)c1.Cl. The molecule has 158 valence electrons. The van der Waals surface area contributed by atoms with E-state index < -0.39 is 0 Å². The van der Waals surface area contributed by atoms with E-state index in [0.29, 0.717) is 29.3 Å². The van der Waals surface area contributed by atoms with E-state index in [9.17, 15) is 14.4 Å². The highest BCUT2D eigenvalue weighted by molar-refractivity contribution is 6.35. The highest BCUT2D eigenvalue weighted by Gasteiger charge is 2.37. The van der Waals surface area contributed by atoms with Gasteiger partial charge in [-0.3, -0.25) is 14.4 Å². The van der Waals surface area contributed by atoms with Gasteiger partial charge in [0.2, 0.25) is 0 Å². The standard InChI is InChI=1S/C23H25N3O3.ClH/c1-14-3-4-15(2)20(11-14)26-22(28)18-6-5-17(12-19(18)23(26)29)21(27)25-10-8-16-7-9-24-13-16;/h3-6,11-12,16,24H,7-10,13H2,1-2H3,(H,25,27);1H. The molecule has 0 spiro atoms. The summed E-state index contributed by atoms with van der Waals surface area (Å²) in [5.41, 5.74) is 3.43. The van der Waals surface area contributed by atoms with Gasteiger partial charge >= 0.3 is 0 Å². The minimum Gasteiger partial charge on any atom is -0.352 e. The number of aryl methyl sites for hydroxylation is 2. The number of carbonyl (C=O) groups is 3. The number of nitrogens with one attached hydrogen (secondary N) is 2. The second kappa shape index (κ2) is 8.98. The number of hydrogen-bond acceptors (Lipinski definition) is 4. The molecule has 2 N–H and O–H groups in total. The van der Waals surface area contributed by atoms with E-state index in [4.69, 9.17) is 0 Å². The van der Waals surface area contributed by atoms with Crippen LogP contribution < -0.4 is 15.5 Å². The van der Waals surface area contributed by atoms with Crippen molar-refractivity contribution >= 4 is 35.8 Å². The van der Waals surface area contributed by atoms with E-state index in [0.717, 1.165) is 37.1 Å². The van der Waals surface area contributed by atoms with Gasteiger partial charge in [-0.25, -0.2) is 4.90 Å². The van der Waals surface area contributed by atoms with Crippen molar-refractivity contribution in [1.29, 1.82) is 0 Å². The molecule has 4 rings (SSSR count). The van der Waals surface area contributed by atoms with Gasteiger partial charge in [-0.1, -0.05) is 12.1 Å². The lowest BCUT2D eigenvalue weighted by Gasteiger charge is -2.17. The van der Waals surface area contributed by atoms with Crippen molar-refractivity contribution in [3.63, 3.8) is 0 Å². The third-order valence-electron chi connectivity index (χ3n) is 5.75. The van der Waals surface area contributed by atoms with Crippen LogP contribution in [0.3, 0.4) is 0 Å². The van der Waals surface area contributed by atoms with Crippen molar-refractivity contribution in [2.24, 2.45) is 5.92 Å². The zero-order chi connectivity index (χ0) is 20.5. The summed E-state index contributed by atoms with van der Waals surface area (Å²) in [5, 5.41) is 6.24. The fourth-order valence-corrected chi connectivity index (χ4v) is 4.01. The Hall–Kier alpha value is -2.70. The molecule has 2 aromatic rings. The highest BCUT2D eigenvalue weighted by atomic mass is 35.5. The lowest BCUT2D eigenvalue weighted by atomic mass is 10.0. The van der Waals surface area contributed by atoms with Crippen LogP contribution in [0.5, 0.6) is 0 Å². The summed E-state index contributed by atoms with van der Waals surface area (Å²) in [6.07, 6.45) is 2.07. The van der Waals surface area contributed by atoms with Crippen LogP contribution in [0.15, 0.2) is 36.4 Å². The number of nitrogens with zero attached hydrogens (tertiary/aromatic N) is 1. The van der Waals surface area contributed by atoms with Crippen LogP contribution in [0.25, 0.3) is 0 Å². The van der Waals surface area contributed by atoms with E-state index in [1.807, 2.05) is 32.0 Å². The zero-order valence-corrected chi connectivity index (χ0v) is 18.0. The van der Waals surface area contributed by atoms with Gasteiger partial charge in [0.05, 0.1) is 16.8 Å². The molecular formula is C23H26ClN3O3. The Morgan fingerprint density at radius 1 is 1.10 bits per heavy atom. The normalized spacial score (nSPS) is 17.7. The second-order valence-electron chi connectivity index (χ2n) is 7.90. The topological polar surface area (TPSA) is 78.5 Å². The molecule has 1 atom stereocenters. The smallest absolute Gasteiger partial charge is 0.266 e. The fourth-order valence-electron chi connectivity index (χ4n) is 4.01. The summed E-state index contributed by atoms with van der Waals surface area (Å²) in [5.74, 6) is -0.352. The number of halogens is 1. The largest absolute Gasteiger partial charge is 0.352 e. The van der Waals surface area contributed by atoms with Crippen LogP contribution in [0.2, 0.25) is 0 Å². The van der Waals surface area contributed by atoms with E-state index in [1.165, 1.54) is 11.0 Å². The summed E-state index contributed by atoms with van der Waals surface area (Å²) >= 11 is 0. The van der Waals surface area contributed by atoms with Crippen molar-refractivity contribution in [2.45, 2.75) is 26.7 Å². The van der Waals surface area contributed by atoms with Crippen molar-refractivity contribution in [3.05, 3.63) is 64.2 Å². The van der Waals surface area contributed by atoms with E-state index in [1.54, 1.807) is 12.1 Å². The summed E-state index contributed by atoms with van der Waals surface area (Å²) < 4.78 is 0. The molecule has 30 heavy (non-hydrogen) atoms. The van der Waals surface area contributed by atoms with Gasteiger partial charge in [0.1, 0.15) is 0 Å². The molecule has 2 aromatic carbocycles. The molecule has 0 aromatic heterocycles. The van der Waals surface area contributed by atoms with Crippen molar-refractivity contribution < 1.29 is 14.4 Å². The van der Waals surface area contributed by atoms with Crippen LogP contribution in [0, 0.1) is 19.8 Å². The first-order chi connectivity index (χ1) is 14.0. The molecule has 3 amide bonds.